The van der Waals surface area contributed by atoms with Gasteiger partial charge in [0.2, 0.25) is 6.08 Å². The summed E-state index contributed by atoms with van der Waals surface area (Å²) in [5.74, 6) is 0. The Morgan fingerprint density at radius 3 is 3.08 bits per heavy atom. The molecule has 3 nitrogen and oxygen atoms in total. The molecule has 0 fully saturated rings. The van der Waals surface area contributed by atoms with Gasteiger partial charge in [0.05, 0.1) is 11.2 Å². The molecule has 0 spiro atoms. The highest BCUT2D eigenvalue weighted by Gasteiger charge is 1.94. The molecule has 0 saturated heterocycles. The fourth-order valence-corrected chi connectivity index (χ4v) is 1.18. The lowest BCUT2D eigenvalue weighted by atomic mass is 10.2. The molecule has 62 valence electrons. The topological polar surface area (TPSA) is 42.3 Å². The van der Waals surface area contributed by atoms with Crippen LogP contribution in [-0.4, -0.2) is 11.1 Å². The van der Waals surface area contributed by atoms with Crippen LogP contribution in [0.5, 0.6) is 0 Å². The van der Waals surface area contributed by atoms with E-state index in [1.54, 1.807) is 18.3 Å². The lowest BCUT2D eigenvalue weighted by molar-refractivity contribution is 0.565. The maximum Gasteiger partial charge on any atom is 0.240 e. The number of nitrogens with zero attached hydrogens (tertiary/aromatic N) is 2. The number of fused-ring (bicyclic) bond motifs is 1. The van der Waals surface area contributed by atoms with Crippen LogP contribution in [0.3, 0.4) is 0 Å². The van der Waals surface area contributed by atoms with Crippen LogP contribution < -0.4 is 0 Å². The molecule has 0 unspecified atom stereocenters. The molecule has 0 aliphatic carbocycles. The zero-order valence-corrected chi connectivity index (χ0v) is 6.77. The van der Waals surface area contributed by atoms with Crippen molar-refractivity contribution in [1.82, 2.24) is 4.98 Å². The third-order valence-electron chi connectivity index (χ3n) is 1.76. The predicted octanol–water partition coefficient (Wildman–Crippen LogP) is 2.20. The Hall–Kier alpha value is -1.99. The van der Waals surface area contributed by atoms with Gasteiger partial charge in [-0.15, -0.1) is 0 Å². The number of aliphatic imine (C=N–C) groups is 1. The average molecular weight is 170 g/mol. The van der Waals surface area contributed by atoms with Crippen molar-refractivity contribution in [2.75, 3.05) is 0 Å². The van der Waals surface area contributed by atoms with Crippen LogP contribution in [0.4, 0.5) is 5.69 Å². The summed E-state index contributed by atoms with van der Waals surface area (Å²) in [4.78, 5) is 17.6. The molecule has 0 amide bonds. The average Bonchev–Trinajstić information content (AvgIpc) is 2.18. The molecule has 1 aromatic heterocycles. The quantitative estimate of drug-likeness (QED) is 0.486. The highest BCUT2D eigenvalue weighted by Crippen LogP contribution is 2.18. The molecular weight excluding hydrogens is 164 g/mol. The van der Waals surface area contributed by atoms with Crippen LogP contribution >= 0.6 is 0 Å². The van der Waals surface area contributed by atoms with E-state index in [-0.39, 0.29) is 0 Å². The number of hydrogen-bond acceptors (Lipinski definition) is 3. The summed E-state index contributed by atoms with van der Waals surface area (Å²) in [5, 5.41) is 1.03. The predicted molar refractivity (Wildman–Crippen MR) is 49.5 cm³/mol. The van der Waals surface area contributed by atoms with E-state index in [4.69, 9.17) is 0 Å². The van der Waals surface area contributed by atoms with Crippen molar-refractivity contribution in [3.05, 3.63) is 36.5 Å². The molecule has 13 heavy (non-hydrogen) atoms. The van der Waals surface area contributed by atoms with Crippen molar-refractivity contribution in [1.29, 1.82) is 0 Å². The van der Waals surface area contributed by atoms with Gasteiger partial charge in [0.25, 0.3) is 0 Å². The molecule has 2 aromatic rings. The van der Waals surface area contributed by atoms with Gasteiger partial charge < -0.3 is 0 Å². The maximum atomic E-state index is 10.00. The molecule has 0 atom stereocenters. The molecular formula is C10H6N2O. The minimum atomic E-state index is 0.584. The lowest BCUT2D eigenvalue weighted by Crippen LogP contribution is -1.75. The Kier molecular flexibility index (Phi) is 1.87. The van der Waals surface area contributed by atoms with E-state index in [0.717, 1.165) is 10.9 Å². The van der Waals surface area contributed by atoms with Crippen LogP contribution in [0.25, 0.3) is 10.9 Å². The summed E-state index contributed by atoms with van der Waals surface area (Å²) >= 11 is 0. The minimum Gasteiger partial charge on any atom is -0.256 e. The summed E-state index contributed by atoms with van der Waals surface area (Å²) < 4.78 is 0. The van der Waals surface area contributed by atoms with Crippen LogP contribution in [0.15, 0.2) is 41.5 Å². The molecule has 3 heteroatoms. The van der Waals surface area contributed by atoms with Crippen molar-refractivity contribution in [2.24, 2.45) is 4.99 Å². The summed E-state index contributed by atoms with van der Waals surface area (Å²) in [6.07, 6.45) is 3.20. The van der Waals surface area contributed by atoms with Gasteiger partial charge in [0.1, 0.15) is 0 Å². The maximum absolute atomic E-state index is 10.00. The van der Waals surface area contributed by atoms with Gasteiger partial charge in [-0.1, -0.05) is 12.1 Å². The first-order valence-corrected chi connectivity index (χ1v) is 3.83. The normalized spacial score (nSPS) is 9.54. The van der Waals surface area contributed by atoms with Crippen LogP contribution in [0.1, 0.15) is 0 Å². The van der Waals surface area contributed by atoms with Crippen molar-refractivity contribution in [3.8, 4) is 0 Å². The monoisotopic (exact) mass is 170 g/mol. The van der Waals surface area contributed by atoms with Gasteiger partial charge in [-0.2, -0.15) is 4.99 Å². The minimum absolute atomic E-state index is 0.584. The van der Waals surface area contributed by atoms with E-state index in [2.05, 4.69) is 9.98 Å². The third-order valence-corrected chi connectivity index (χ3v) is 1.76. The molecule has 0 saturated carbocycles. The second-order valence-corrected chi connectivity index (χ2v) is 2.58. The second kappa shape index (κ2) is 3.17. The molecule has 2 rings (SSSR count). The Balaban J connectivity index is 2.68. The van der Waals surface area contributed by atoms with E-state index in [0.29, 0.717) is 5.69 Å². The first-order valence-electron chi connectivity index (χ1n) is 3.83. The molecule has 1 aromatic carbocycles. The van der Waals surface area contributed by atoms with Crippen LogP contribution in [0, 0.1) is 0 Å². The number of hydrogen-bond donors (Lipinski definition) is 0. The lowest BCUT2D eigenvalue weighted by Gasteiger charge is -1.95. The first kappa shape index (κ1) is 7.65. The summed E-state index contributed by atoms with van der Waals surface area (Å²) in [6, 6.07) is 9.20. The van der Waals surface area contributed by atoms with Crippen molar-refractivity contribution < 1.29 is 4.79 Å². The zero-order valence-electron chi connectivity index (χ0n) is 6.77. The molecule has 0 aliphatic rings. The van der Waals surface area contributed by atoms with E-state index < -0.39 is 0 Å². The van der Waals surface area contributed by atoms with Crippen molar-refractivity contribution >= 4 is 22.7 Å². The number of carbonyl (C=O) groups excluding carboxylic acids is 1. The standard InChI is InChI=1S/C10H6N2O/c13-7-12-9-4-3-8-2-1-5-11-10(8)6-9/h1-6H. The number of pyridine rings is 1. The number of aromatic nitrogens is 1. The van der Waals surface area contributed by atoms with E-state index >= 15 is 0 Å². The molecule has 1 heterocycles. The van der Waals surface area contributed by atoms with Crippen molar-refractivity contribution in [3.63, 3.8) is 0 Å². The van der Waals surface area contributed by atoms with Gasteiger partial charge in [-0.25, -0.2) is 4.79 Å². The van der Waals surface area contributed by atoms with Gasteiger partial charge in [0.15, 0.2) is 0 Å². The highest BCUT2D eigenvalue weighted by molar-refractivity contribution is 5.81. The van der Waals surface area contributed by atoms with Crippen LogP contribution in [-0.2, 0) is 4.79 Å². The van der Waals surface area contributed by atoms with Crippen LogP contribution in [0.2, 0.25) is 0 Å². The summed E-state index contributed by atoms with van der Waals surface area (Å²) in [6.45, 7) is 0. The Bertz CT molecular complexity index is 487. The van der Waals surface area contributed by atoms with Crippen molar-refractivity contribution in [2.45, 2.75) is 0 Å². The smallest absolute Gasteiger partial charge is 0.240 e. The van der Waals surface area contributed by atoms with E-state index in [1.165, 1.54) is 6.08 Å². The fraction of sp³-hybridized carbons (Fsp3) is 0. The highest BCUT2D eigenvalue weighted by atomic mass is 16.1. The second-order valence-electron chi connectivity index (χ2n) is 2.58. The number of isocyanates is 1. The molecule has 0 radical (unpaired) electrons. The molecule has 0 aliphatic heterocycles. The van der Waals surface area contributed by atoms with Gasteiger partial charge in [0, 0.05) is 11.6 Å². The largest absolute Gasteiger partial charge is 0.256 e. The third kappa shape index (κ3) is 1.45. The van der Waals surface area contributed by atoms with Gasteiger partial charge in [-0.3, -0.25) is 4.98 Å². The van der Waals surface area contributed by atoms with Gasteiger partial charge in [-0.05, 0) is 18.2 Å². The van der Waals surface area contributed by atoms with E-state index in [1.807, 2.05) is 18.2 Å². The fourth-order valence-electron chi connectivity index (χ4n) is 1.18. The molecule has 0 N–H and O–H groups in total. The molecule has 0 bridgehead atoms. The first-order chi connectivity index (χ1) is 6.40. The number of benzene rings is 1. The Morgan fingerprint density at radius 2 is 2.23 bits per heavy atom. The van der Waals surface area contributed by atoms with Gasteiger partial charge >= 0.3 is 0 Å². The van der Waals surface area contributed by atoms with E-state index in [9.17, 15) is 4.79 Å². The summed E-state index contributed by atoms with van der Waals surface area (Å²) in [7, 11) is 0. The zero-order chi connectivity index (χ0) is 9.10. The number of rotatable bonds is 1. The Labute approximate surface area is 74.8 Å². The Morgan fingerprint density at radius 1 is 1.31 bits per heavy atom. The SMILES string of the molecule is O=C=Nc1ccc2cccnc2c1. The summed E-state index contributed by atoms with van der Waals surface area (Å²) in [5.41, 5.74) is 1.42.